The lowest BCUT2D eigenvalue weighted by atomic mass is 10.3. The van der Waals surface area contributed by atoms with Gasteiger partial charge in [0.15, 0.2) is 5.82 Å². The third-order valence-corrected chi connectivity index (χ3v) is 1.18. The Morgan fingerprint density at radius 3 is 2.33 bits per heavy atom. The molecule has 0 aromatic carbocycles. The first-order valence-corrected chi connectivity index (χ1v) is 2.85. The summed E-state index contributed by atoms with van der Waals surface area (Å²) < 4.78 is 36.8. The largest absolute Gasteiger partial charge is 0.326 e. The number of hydrogen-bond acceptors (Lipinski definition) is 2. The predicted molar refractivity (Wildman–Crippen MR) is 39.3 cm³/mol. The van der Waals surface area contributed by atoms with Gasteiger partial charge in [-0.05, 0) is 6.07 Å². The Balaban J connectivity index is 0.00000121. The Morgan fingerprint density at radius 2 is 1.83 bits per heavy atom. The van der Waals surface area contributed by atoms with E-state index >= 15 is 0 Å². The summed E-state index contributed by atoms with van der Waals surface area (Å²) in [6, 6.07) is 0.692. The van der Waals surface area contributed by atoms with Crippen LogP contribution < -0.4 is 5.73 Å². The summed E-state index contributed by atoms with van der Waals surface area (Å²) in [5.41, 5.74) is 4.87. The standard InChI is InChI=1S/C6H5F3N2.ClH/c7-4-1-3(2-10)5(8)11-6(4)9;/h1H,2,10H2;1H. The fourth-order valence-corrected chi connectivity index (χ4v) is 0.627. The van der Waals surface area contributed by atoms with Crippen LogP contribution in [0.25, 0.3) is 0 Å². The van der Waals surface area contributed by atoms with Gasteiger partial charge >= 0.3 is 0 Å². The van der Waals surface area contributed by atoms with Gasteiger partial charge in [-0.1, -0.05) is 0 Å². The molecule has 0 bridgehead atoms. The molecule has 6 heteroatoms. The van der Waals surface area contributed by atoms with Crippen LogP contribution in [0.2, 0.25) is 0 Å². The van der Waals surface area contributed by atoms with E-state index in [9.17, 15) is 13.2 Å². The molecule has 0 aliphatic rings. The molecule has 12 heavy (non-hydrogen) atoms. The van der Waals surface area contributed by atoms with E-state index in [1.54, 1.807) is 0 Å². The highest BCUT2D eigenvalue weighted by atomic mass is 35.5. The minimum Gasteiger partial charge on any atom is -0.326 e. The highest BCUT2D eigenvalue weighted by molar-refractivity contribution is 5.85. The summed E-state index contributed by atoms with van der Waals surface area (Å²) in [5.74, 6) is -3.70. The van der Waals surface area contributed by atoms with Gasteiger partial charge in [-0.2, -0.15) is 13.8 Å². The van der Waals surface area contributed by atoms with E-state index in [1.807, 2.05) is 0 Å². The molecule has 0 aliphatic heterocycles. The van der Waals surface area contributed by atoms with Crippen molar-refractivity contribution in [3.8, 4) is 0 Å². The van der Waals surface area contributed by atoms with Crippen LogP contribution in [0.1, 0.15) is 5.56 Å². The molecular formula is C6H6ClF3N2. The SMILES string of the molecule is Cl.NCc1cc(F)c(F)nc1F. The van der Waals surface area contributed by atoms with Gasteiger partial charge in [0.1, 0.15) is 0 Å². The van der Waals surface area contributed by atoms with Crippen molar-refractivity contribution in [2.75, 3.05) is 0 Å². The van der Waals surface area contributed by atoms with Crippen LogP contribution >= 0.6 is 12.4 Å². The Kier molecular flexibility index (Phi) is 3.99. The molecule has 0 spiro atoms. The number of hydrogen-bond donors (Lipinski definition) is 1. The maximum Gasteiger partial charge on any atom is 0.251 e. The van der Waals surface area contributed by atoms with E-state index in [0.29, 0.717) is 6.07 Å². The molecule has 2 N–H and O–H groups in total. The lowest BCUT2D eigenvalue weighted by Gasteiger charge is -1.98. The normalized spacial score (nSPS) is 9.33. The van der Waals surface area contributed by atoms with Crippen molar-refractivity contribution in [1.82, 2.24) is 4.98 Å². The molecule has 0 unspecified atom stereocenters. The molecule has 68 valence electrons. The first-order chi connectivity index (χ1) is 5.15. The Morgan fingerprint density at radius 1 is 1.25 bits per heavy atom. The van der Waals surface area contributed by atoms with Gasteiger partial charge in [0, 0.05) is 12.1 Å². The molecule has 2 nitrogen and oxygen atoms in total. The lowest BCUT2D eigenvalue weighted by Crippen LogP contribution is -2.04. The quantitative estimate of drug-likeness (QED) is 0.693. The van der Waals surface area contributed by atoms with Crippen molar-refractivity contribution >= 4 is 12.4 Å². The van der Waals surface area contributed by atoms with Crippen LogP contribution in [-0.4, -0.2) is 4.98 Å². The second-order valence-electron chi connectivity index (χ2n) is 1.92. The number of nitrogens with two attached hydrogens (primary N) is 1. The Bertz CT molecular complexity index is 280. The Labute approximate surface area is 73.0 Å². The van der Waals surface area contributed by atoms with Gasteiger partial charge in [-0.3, -0.25) is 0 Å². The summed E-state index contributed by atoms with van der Waals surface area (Å²) in [4.78, 5) is 2.66. The predicted octanol–water partition coefficient (Wildman–Crippen LogP) is 1.38. The van der Waals surface area contributed by atoms with Crippen LogP contribution in [0.3, 0.4) is 0 Å². The number of pyridine rings is 1. The van der Waals surface area contributed by atoms with E-state index in [0.717, 1.165) is 0 Å². The highest BCUT2D eigenvalue weighted by Crippen LogP contribution is 2.08. The van der Waals surface area contributed by atoms with Crippen LogP contribution in [-0.2, 0) is 6.54 Å². The molecule has 0 atom stereocenters. The summed E-state index contributed by atoms with van der Waals surface area (Å²) in [6.07, 6.45) is 0. The van der Waals surface area contributed by atoms with E-state index in [1.165, 1.54) is 0 Å². The third kappa shape index (κ3) is 2.09. The summed E-state index contributed by atoms with van der Waals surface area (Å²) >= 11 is 0. The monoisotopic (exact) mass is 198 g/mol. The molecule has 0 amide bonds. The second-order valence-corrected chi connectivity index (χ2v) is 1.92. The van der Waals surface area contributed by atoms with E-state index in [-0.39, 0.29) is 24.5 Å². The average molecular weight is 199 g/mol. The molecule has 1 aromatic heterocycles. The van der Waals surface area contributed by atoms with Crippen molar-refractivity contribution in [1.29, 1.82) is 0 Å². The molecule has 0 aliphatic carbocycles. The molecule has 1 aromatic rings. The summed E-state index contributed by atoms with van der Waals surface area (Å²) in [6.45, 7) is -0.198. The fourth-order valence-electron chi connectivity index (χ4n) is 0.627. The third-order valence-electron chi connectivity index (χ3n) is 1.18. The maximum atomic E-state index is 12.4. The number of halogens is 4. The minimum atomic E-state index is -1.44. The van der Waals surface area contributed by atoms with Crippen molar-refractivity contribution in [2.24, 2.45) is 5.73 Å². The average Bonchev–Trinajstić information content (AvgIpc) is 1.97. The Hall–Kier alpha value is -0.810. The van der Waals surface area contributed by atoms with Crippen molar-refractivity contribution in [3.05, 3.63) is 29.3 Å². The van der Waals surface area contributed by atoms with Crippen molar-refractivity contribution in [3.63, 3.8) is 0 Å². The smallest absolute Gasteiger partial charge is 0.251 e. The van der Waals surface area contributed by atoms with Crippen molar-refractivity contribution in [2.45, 2.75) is 6.54 Å². The minimum absolute atomic E-state index is 0. The van der Waals surface area contributed by atoms with E-state index in [4.69, 9.17) is 5.73 Å². The summed E-state index contributed by atoms with van der Waals surface area (Å²) in [7, 11) is 0. The number of rotatable bonds is 1. The van der Waals surface area contributed by atoms with E-state index < -0.39 is 17.7 Å². The first kappa shape index (κ1) is 11.2. The zero-order valence-electron chi connectivity index (χ0n) is 5.85. The zero-order valence-corrected chi connectivity index (χ0v) is 6.67. The van der Waals surface area contributed by atoms with Gasteiger partial charge in [0.05, 0.1) is 0 Å². The first-order valence-electron chi connectivity index (χ1n) is 2.85. The lowest BCUT2D eigenvalue weighted by molar-refractivity contribution is 0.441. The van der Waals surface area contributed by atoms with Crippen LogP contribution in [0, 0.1) is 17.7 Å². The molecular weight excluding hydrogens is 193 g/mol. The number of nitrogens with zero attached hydrogens (tertiary/aromatic N) is 1. The van der Waals surface area contributed by atoms with Gasteiger partial charge in [0.25, 0.3) is 5.95 Å². The van der Waals surface area contributed by atoms with Crippen LogP contribution in [0.5, 0.6) is 0 Å². The second kappa shape index (κ2) is 4.27. The molecule has 1 rings (SSSR count). The summed E-state index contributed by atoms with van der Waals surface area (Å²) in [5, 5.41) is 0. The fraction of sp³-hybridized carbons (Fsp3) is 0.167. The molecule has 0 radical (unpaired) electrons. The van der Waals surface area contributed by atoms with Gasteiger partial charge in [-0.15, -0.1) is 12.4 Å². The van der Waals surface area contributed by atoms with Gasteiger partial charge < -0.3 is 5.73 Å². The molecule has 0 fully saturated rings. The van der Waals surface area contributed by atoms with Gasteiger partial charge in [-0.25, -0.2) is 4.39 Å². The zero-order chi connectivity index (χ0) is 8.43. The van der Waals surface area contributed by atoms with Crippen molar-refractivity contribution < 1.29 is 13.2 Å². The highest BCUT2D eigenvalue weighted by Gasteiger charge is 2.09. The molecule has 0 saturated heterocycles. The van der Waals surface area contributed by atoms with Crippen LogP contribution in [0.4, 0.5) is 13.2 Å². The van der Waals surface area contributed by atoms with Crippen LogP contribution in [0.15, 0.2) is 6.07 Å². The van der Waals surface area contributed by atoms with E-state index in [2.05, 4.69) is 4.98 Å². The molecule has 0 saturated carbocycles. The molecule has 1 heterocycles. The maximum absolute atomic E-state index is 12.4. The number of aromatic nitrogens is 1. The van der Waals surface area contributed by atoms with Gasteiger partial charge in [0.2, 0.25) is 5.95 Å². The topological polar surface area (TPSA) is 38.9 Å².